The number of alkyl halides is 3. The summed E-state index contributed by atoms with van der Waals surface area (Å²) in [5.74, 6) is 0. The smallest absolute Gasteiger partial charge is 0.311 e. The topological polar surface area (TPSA) is 29.0 Å². The molecule has 0 amide bonds. The molecule has 282 valence electrons. The van der Waals surface area contributed by atoms with Gasteiger partial charge in [0.05, 0.1) is 28.0 Å². The molecule has 0 saturated carbocycles. The number of benzene rings is 9. The van der Waals surface area contributed by atoms with E-state index in [1.807, 2.05) is 78.9 Å². The highest BCUT2D eigenvalue weighted by Crippen LogP contribution is 2.40. The fourth-order valence-corrected chi connectivity index (χ4v) is 7.92. The van der Waals surface area contributed by atoms with Crippen molar-refractivity contribution < 1.29 is 13.2 Å². The van der Waals surface area contributed by atoms with E-state index in [9.17, 15) is 13.2 Å². The molecular formula is C53H34F3N3. The highest BCUT2D eigenvalue weighted by atomic mass is 19.4. The van der Waals surface area contributed by atoms with Crippen LogP contribution in [0.5, 0.6) is 0 Å². The van der Waals surface area contributed by atoms with Gasteiger partial charge in [-0.3, -0.25) is 0 Å². The quantitative estimate of drug-likeness (QED) is 0.151. The van der Waals surface area contributed by atoms with Crippen molar-refractivity contribution in [3.8, 4) is 44.8 Å². The standard InChI is InChI=1S/C53H34F3N3/c54-53(55,56)43-26-18-35(19-27-43)36-20-28-45(29-21-36)59(44-14-8-3-9-15-44)46-30-22-37(23-31-46)41-24-32-47-42(34-41)17-16-38-25-33-48-52(49(38)47)58-51(40-12-6-2-7-13-40)50(57-48)39-10-4-1-5-11-39/h1-34H. The molecule has 9 aromatic carbocycles. The molecule has 0 radical (unpaired) electrons. The van der Waals surface area contributed by atoms with Crippen LogP contribution in [-0.4, -0.2) is 9.97 Å². The van der Waals surface area contributed by atoms with Crippen LogP contribution in [0.1, 0.15) is 5.56 Å². The fraction of sp³-hybridized carbons (Fsp3) is 0.0189. The van der Waals surface area contributed by atoms with Crippen LogP contribution in [0.15, 0.2) is 206 Å². The van der Waals surface area contributed by atoms with Crippen molar-refractivity contribution in [3.63, 3.8) is 0 Å². The third-order valence-electron chi connectivity index (χ3n) is 10.9. The van der Waals surface area contributed by atoms with Crippen LogP contribution in [0.2, 0.25) is 0 Å². The highest BCUT2D eigenvalue weighted by Gasteiger charge is 2.30. The summed E-state index contributed by atoms with van der Waals surface area (Å²) in [6.45, 7) is 0. The molecule has 59 heavy (non-hydrogen) atoms. The van der Waals surface area contributed by atoms with E-state index in [2.05, 4.69) is 108 Å². The molecule has 1 aromatic heterocycles. The zero-order valence-electron chi connectivity index (χ0n) is 31.6. The predicted octanol–water partition coefficient (Wildman–Crippen LogP) is 15.1. The number of anilines is 3. The maximum Gasteiger partial charge on any atom is 0.416 e. The number of halogens is 3. The Kier molecular flexibility index (Phi) is 8.95. The van der Waals surface area contributed by atoms with Gasteiger partial charge < -0.3 is 4.90 Å². The summed E-state index contributed by atoms with van der Waals surface area (Å²) in [5, 5.41) is 4.41. The summed E-state index contributed by atoms with van der Waals surface area (Å²) in [4.78, 5) is 12.8. The lowest BCUT2D eigenvalue weighted by atomic mass is 9.96. The van der Waals surface area contributed by atoms with Crippen LogP contribution in [0, 0.1) is 0 Å². The molecule has 10 rings (SSSR count). The second kappa shape index (κ2) is 14.7. The molecule has 0 saturated heterocycles. The first-order valence-corrected chi connectivity index (χ1v) is 19.4. The van der Waals surface area contributed by atoms with Crippen LogP contribution in [0.25, 0.3) is 77.3 Å². The average Bonchev–Trinajstić information content (AvgIpc) is 3.29. The molecule has 10 aromatic rings. The molecule has 0 aliphatic heterocycles. The third-order valence-corrected chi connectivity index (χ3v) is 10.9. The Morgan fingerprint density at radius 2 is 0.831 bits per heavy atom. The van der Waals surface area contributed by atoms with Crippen molar-refractivity contribution in [2.24, 2.45) is 0 Å². The van der Waals surface area contributed by atoms with Crippen LogP contribution in [0.4, 0.5) is 30.2 Å². The van der Waals surface area contributed by atoms with Crippen LogP contribution < -0.4 is 4.90 Å². The number of rotatable bonds is 7. The molecule has 3 nitrogen and oxygen atoms in total. The number of fused-ring (bicyclic) bond motifs is 5. The lowest BCUT2D eigenvalue weighted by molar-refractivity contribution is -0.137. The Hall–Kier alpha value is -7.57. The molecule has 0 atom stereocenters. The maximum atomic E-state index is 13.2. The van der Waals surface area contributed by atoms with Gasteiger partial charge in [-0.15, -0.1) is 0 Å². The Balaban J connectivity index is 1.01. The van der Waals surface area contributed by atoms with Crippen LogP contribution in [-0.2, 0) is 6.18 Å². The number of para-hydroxylation sites is 1. The Morgan fingerprint density at radius 3 is 1.41 bits per heavy atom. The summed E-state index contributed by atoms with van der Waals surface area (Å²) in [5.41, 5.74) is 11.4. The molecule has 0 fully saturated rings. The van der Waals surface area contributed by atoms with Crippen molar-refractivity contribution in [2.45, 2.75) is 6.18 Å². The van der Waals surface area contributed by atoms with E-state index in [1.54, 1.807) is 0 Å². The first kappa shape index (κ1) is 35.8. The summed E-state index contributed by atoms with van der Waals surface area (Å²) in [7, 11) is 0. The van der Waals surface area contributed by atoms with Crippen LogP contribution >= 0.6 is 0 Å². The molecule has 0 aliphatic rings. The van der Waals surface area contributed by atoms with E-state index >= 15 is 0 Å². The zero-order valence-corrected chi connectivity index (χ0v) is 31.6. The first-order valence-electron chi connectivity index (χ1n) is 19.4. The monoisotopic (exact) mass is 769 g/mol. The molecular weight excluding hydrogens is 736 g/mol. The largest absolute Gasteiger partial charge is 0.416 e. The van der Waals surface area contributed by atoms with Crippen molar-refractivity contribution in [3.05, 3.63) is 212 Å². The van der Waals surface area contributed by atoms with E-state index in [0.29, 0.717) is 0 Å². The van der Waals surface area contributed by atoms with Gasteiger partial charge in [-0.1, -0.05) is 146 Å². The average molecular weight is 770 g/mol. The number of hydrogen-bond acceptors (Lipinski definition) is 3. The SMILES string of the molecule is FC(F)(F)c1ccc(-c2ccc(N(c3ccccc3)c3ccc(-c4ccc5c(ccc6ccc7nc(-c8ccccc8)c(-c8ccccc8)nc7c65)c4)cc3)cc2)cc1. The van der Waals surface area contributed by atoms with Crippen molar-refractivity contribution in [1.82, 2.24) is 9.97 Å². The lowest BCUT2D eigenvalue weighted by Crippen LogP contribution is -2.09. The van der Waals surface area contributed by atoms with Gasteiger partial charge in [0.15, 0.2) is 0 Å². The van der Waals surface area contributed by atoms with Crippen molar-refractivity contribution >= 4 is 49.6 Å². The van der Waals surface area contributed by atoms with Gasteiger partial charge in [0, 0.05) is 33.6 Å². The third kappa shape index (κ3) is 6.85. The molecule has 6 heteroatoms. The number of hydrogen-bond donors (Lipinski definition) is 0. The van der Waals surface area contributed by atoms with E-state index in [1.165, 1.54) is 12.1 Å². The number of nitrogens with zero attached hydrogens (tertiary/aromatic N) is 3. The lowest BCUT2D eigenvalue weighted by Gasteiger charge is -2.26. The Bertz CT molecular complexity index is 3090. The molecule has 0 spiro atoms. The molecule has 0 unspecified atom stereocenters. The van der Waals surface area contributed by atoms with Crippen LogP contribution in [0.3, 0.4) is 0 Å². The highest BCUT2D eigenvalue weighted by molar-refractivity contribution is 6.19. The van der Waals surface area contributed by atoms with E-state index in [-0.39, 0.29) is 0 Å². The minimum absolute atomic E-state index is 0.660. The summed E-state index contributed by atoms with van der Waals surface area (Å²) < 4.78 is 39.5. The molecule has 0 N–H and O–H groups in total. The zero-order chi connectivity index (χ0) is 39.9. The van der Waals surface area contributed by atoms with Gasteiger partial charge in [0.1, 0.15) is 0 Å². The van der Waals surface area contributed by atoms with Gasteiger partial charge in [0.2, 0.25) is 0 Å². The fourth-order valence-electron chi connectivity index (χ4n) is 7.92. The molecule has 1 heterocycles. The summed E-state index contributed by atoms with van der Waals surface area (Å²) >= 11 is 0. The predicted molar refractivity (Wildman–Crippen MR) is 236 cm³/mol. The van der Waals surface area contributed by atoms with Gasteiger partial charge >= 0.3 is 6.18 Å². The maximum absolute atomic E-state index is 13.2. The second-order valence-corrected chi connectivity index (χ2v) is 14.5. The number of aromatic nitrogens is 2. The summed E-state index contributed by atoms with van der Waals surface area (Å²) in [6.07, 6.45) is -4.37. The Morgan fingerprint density at radius 1 is 0.373 bits per heavy atom. The molecule has 0 aliphatic carbocycles. The minimum Gasteiger partial charge on any atom is -0.311 e. The normalized spacial score (nSPS) is 11.6. The van der Waals surface area contributed by atoms with Gasteiger partial charge in [-0.2, -0.15) is 13.2 Å². The van der Waals surface area contributed by atoms with E-state index in [0.717, 1.165) is 107 Å². The second-order valence-electron chi connectivity index (χ2n) is 14.5. The minimum atomic E-state index is -4.37. The van der Waals surface area contributed by atoms with E-state index in [4.69, 9.17) is 9.97 Å². The van der Waals surface area contributed by atoms with E-state index < -0.39 is 11.7 Å². The first-order chi connectivity index (χ1) is 28.9. The molecule has 0 bridgehead atoms. The summed E-state index contributed by atoms with van der Waals surface area (Å²) in [6, 6.07) is 67.5. The van der Waals surface area contributed by atoms with Crippen molar-refractivity contribution in [1.29, 1.82) is 0 Å². The van der Waals surface area contributed by atoms with Crippen molar-refractivity contribution in [2.75, 3.05) is 4.90 Å². The van der Waals surface area contributed by atoms with Gasteiger partial charge in [0.25, 0.3) is 0 Å². The van der Waals surface area contributed by atoms with Gasteiger partial charge in [-0.05, 0) is 99.1 Å². The Labute approximate surface area is 339 Å². The van der Waals surface area contributed by atoms with Gasteiger partial charge in [-0.25, -0.2) is 9.97 Å².